The third-order valence-corrected chi connectivity index (χ3v) is 7.35. The minimum Gasteiger partial charge on any atom is -0.370 e. The van der Waals surface area contributed by atoms with Crippen LogP contribution in [0.1, 0.15) is 63.9 Å². The zero-order valence-corrected chi connectivity index (χ0v) is 26.9. The predicted molar refractivity (Wildman–Crippen MR) is 184 cm³/mol. The van der Waals surface area contributed by atoms with Crippen LogP contribution in [0.25, 0.3) is 11.1 Å². The van der Waals surface area contributed by atoms with Crippen LogP contribution < -0.4 is 44.6 Å². The lowest BCUT2D eigenvalue weighted by atomic mass is 9.99. The van der Waals surface area contributed by atoms with Gasteiger partial charge in [0, 0.05) is 26.1 Å². The second-order valence-corrected chi connectivity index (χ2v) is 11.2. The number of benzene rings is 2. The molecule has 13 N–H and O–H groups in total. The highest BCUT2D eigenvalue weighted by Gasteiger charge is 2.28. The third-order valence-electron chi connectivity index (χ3n) is 7.35. The van der Waals surface area contributed by atoms with Gasteiger partial charge in [0.05, 0.1) is 6.04 Å². The van der Waals surface area contributed by atoms with E-state index in [0.717, 1.165) is 42.4 Å². The summed E-state index contributed by atoms with van der Waals surface area (Å²) >= 11 is 0. The Morgan fingerprint density at radius 3 is 1.87 bits per heavy atom. The van der Waals surface area contributed by atoms with E-state index in [0.29, 0.717) is 45.3 Å². The zero-order chi connectivity index (χ0) is 33.7. The molecule has 3 amide bonds. The van der Waals surface area contributed by atoms with Crippen molar-refractivity contribution in [1.29, 1.82) is 0 Å². The first kappa shape index (κ1) is 37.5. The number of nitrogens with one attached hydrogen (secondary N) is 3. The molecule has 0 saturated heterocycles. The molecule has 13 heteroatoms. The summed E-state index contributed by atoms with van der Waals surface area (Å²) in [4.78, 5) is 47.9. The van der Waals surface area contributed by atoms with Gasteiger partial charge in [-0.05, 0) is 48.8 Å². The molecule has 252 valence electrons. The van der Waals surface area contributed by atoms with Crippen molar-refractivity contribution in [1.82, 2.24) is 16.0 Å². The number of aliphatic imine (C=N–C) groups is 2. The molecular weight excluding hydrogens is 584 g/mol. The molecule has 0 aliphatic rings. The molecule has 0 bridgehead atoms. The molecule has 0 saturated carbocycles. The first-order valence-electron chi connectivity index (χ1n) is 16.0. The summed E-state index contributed by atoms with van der Waals surface area (Å²) in [6, 6.07) is 15.0. The molecule has 0 unspecified atom stereocenters. The first-order chi connectivity index (χ1) is 22.1. The highest BCUT2D eigenvalue weighted by atomic mass is 16.2. The lowest BCUT2D eigenvalue weighted by Gasteiger charge is -2.24. The van der Waals surface area contributed by atoms with Crippen LogP contribution in [0.2, 0.25) is 0 Å². The van der Waals surface area contributed by atoms with Gasteiger partial charge < -0.3 is 44.6 Å². The topological polar surface area (TPSA) is 242 Å². The summed E-state index contributed by atoms with van der Waals surface area (Å²) in [5.74, 6) is -1.37. The van der Waals surface area contributed by atoms with Crippen molar-refractivity contribution in [2.75, 3.05) is 19.6 Å². The van der Waals surface area contributed by atoms with E-state index in [-0.39, 0.29) is 24.2 Å². The van der Waals surface area contributed by atoms with Gasteiger partial charge in [-0.2, -0.15) is 0 Å². The van der Waals surface area contributed by atoms with Gasteiger partial charge in [0.2, 0.25) is 17.7 Å². The minimum atomic E-state index is -0.989. The predicted octanol–water partition coefficient (Wildman–Crippen LogP) is 0.997. The van der Waals surface area contributed by atoms with Crippen LogP contribution in [0.5, 0.6) is 0 Å². The molecule has 0 spiro atoms. The number of unbranched alkanes of at least 4 members (excludes halogenated alkanes) is 3. The molecule has 0 aliphatic carbocycles. The number of rotatable bonds is 21. The van der Waals surface area contributed by atoms with Gasteiger partial charge in [0.25, 0.3) is 0 Å². The molecule has 13 nitrogen and oxygen atoms in total. The van der Waals surface area contributed by atoms with E-state index >= 15 is 0 Å². The summed E-state index contributed by atoms with van der Waals surface area (Å²) in [5, 5.41) is 8.59. The van der Waals surface area contributed by atoms with Crippen LogP contribution >= 0.6 is 0 Å². The van der Waals surface area contributed by atoms with Crippen molar-refractivity contribution in [3.05, 3.63) is 60.2 Å². The largest absolute Gasteiger partial charge is 0.370 e. The Morgan fingerprint density at radius 2 is 1.26 bits per heavy atom. The van der Waals surface area contributed by atoms with E-state index in [1.54, 1.807) is 0 Å². The van der Waals surface area contributed by atoms with Gasteiger partial charge in [-0.25, -0.2) is 0 Å². The van der Waals surface area contributed by atoms with E-state index < -0.39 is 29.9 Å². The Bertz CT molecular complexity index is 1260. The van der Waals surface area contributed by atoms with Crippen molar-refractivity contribution in [3.63, 3.8) is 0 Å². The van der Waals surface area contributed by atoms with Crippen LogP contribution in [0.15, 0.2) is 64.6 Å². The van der Waals surface area contributed by atoms with Crippen LogP contribution in [0.4, 0.5) is 0 Å². The Morgan fingerprint density at radius 1 is 0.674 bits per heavy atom. The second kappa shape index (κ2) is 21.2. The lowest BCUT2D eigenvalue weighted by molar-refractivity contribution is -0.132. The van der Waals surface area contributed by atoms with E-state index in [1.807, 2.05) is 54.6 Å². The normalized spacial score (nSPS) is 12.7. The van der Waals surface area contributed by atoms with Crippen LogP contribution in [0, 0.1) is 0 Å². The number of nitrogens with zero attached hydrogens (tertiary/aromatic N) is 2. The maximum absolute atomic E-state index is 13.7. The Balaban J connectivity index is 2.20. The van der Waals surface area contributed by atoms with Gasteiger partial charge >= 0.3 is 0 Å². The van der Waals surface area contributed by atoms with Crippen molar-refractivity contribution in [3.8, 4) is 11.1 Å². The van der Waals surface area contributed by atoms with Gasteiger partial charge in [0.15, 0.2) is 11.9 Å². The highest BCUT2D eigenvalue weighted by Crippen LogP contribution is 2.20. The van der Waals surface area contributed by atoms with Crippen molar-refractivity contribution in [2.45, 2.75) is 82.8 Å². The zero-order valence-electron chi connectivity index (χ0n) is 26.9. The van der Waals surface area contributed by atoms with E-state index in [4.69, 9.17) is 28.7 Å². The summed E-state index contributed by atoms with van der Waals surface area (Å²) < 4.78 is 0. The Kier molecular flexibility index (Phi) is 17.3. The quantitative estimate of drug-likeness (QED) is 0.0557. The number of carbonyl (C=O) groups excluding carboxylic acids is 3. The molecule has 0 aliphatic heterocycles. The number of hydrogen-bond acceptors (Lipinski definition) is 6. The van der Waals surface area contributed by atoms with E-state index in [2.05, 4.69) is 32.9 Å². The average molecular weight is 637 g/mol. The molecule has 0 heterocycles. The van der Waals surface area contributed by atoms with Gasteiger partial charge in [-0.3, -0.25) is 24.4 Å². The molecule has 2 rings (SSSR count). The molecule has 2 aromatic carbocycles. The SMILES string of the molecule is CCCCCCNC(=O)[C@H](CCCN=C(N)N)NC(=O)[C@H](Cc1ccc(-c2ccccc2)cc1)NC(=O)[C@@H](N)CCCN=C(N)N. The summed E-state index contributed by atoms with van der Waals surface area (Å²) in [5.41, 5.74) is 30.7. The van der Waals surface area contributed by atoms with E-state index in [9.17, 15) is 14.4 Å². The molecular formula is C33H52N10O3. The standard InChI is InChI=1S/C33H52N10O3/c1-2-3-4-8-19-39-30(45)27(14-10-21-41-33(37)38)42-31(46)28(43-29(44)26(34)13-9-20-40-32(35)36)22-23-15-17-25(18-16-23)24-11-6-5-7-12-24/h5-7,11-12,15-18,26-28H,2-4,8-10,13-14,19-22,34H2,1H3,(H,39,45)(H,42,46)(H,43,44)(H4,35,36,40)(H4,37,38,41)/t26-,27-,28-/m0/s1. The van der Waals surface area contributed by atoms with Crippen LogP contribution in [-0.2, 0) is 20.8 Å². The Labute approximate surface area is 272 Å². The lowest BCUT2D eigenvalue weighted by Crippen LogP contribution is -2.56. The maximum Gasteiger partial charge on any atom is 0.243 e. The number of guanidine groups is 2. The Hall–Kier alpha value is -4.65. The summed E-state index contributed by atoms with van der Waals surface area (Å²) in [6.45, 7) is 3.26. The van der Waals surface area contributed by atoms with Crippen molar-refractivity contribution in [2.24, 2.45) is 38.7 Å². The van der Waals surface area contributed by atoms with Crippen LogP contribution in [0.3, 0.4) is 0 Å². The molecule has 2 aromatic rings. The van der Waals surface area contributed by atoms with Gasteiger partial charge in [-0.15, -0.1) is 0 Å². The smallest absolute Gasteiger partial charge is 0.243 e. The third kappa shape index (κ3) is 14.9. The monoisotopic (exact) mass is 636 g/mol. The average Bonchev–Trinajstić information content (AvgIpc) is 3.04. The molecule has 46 heavy (non-hydrogen) atoms. The minimum absolute atomic E-state index is 0.0362. The second-order valence-electron chi connectivity index (χ2n) is 11.2. The van der Waals surface area contributed by atoms with Crippen molar-refractivity contribution < 1.29 is 14.4 Å². The first-order valence-corrected chi connectivity index (χ1v) is 16.0. The van der Waals surface area contributed by atoms with E-state index in [1.165, 1.54) is 0 Å². The number of hydrogen-bond donors (Lipinski definition) is 8. The fourth-order valence-corrected chi connectivity index (χ4v) is 4.77. The maximum atomic E-state index is 13.7. The van der Waals surface area contributed by atoms with Gasteiger partial charge in [0.1, 0.15) is 12.1 Å². The molecule has 3 atom stereocenters. The number of carbonyl (C=O) groups is 3. The fraction of sp³-hybridized carbons (Fsp3) is 0.485. The fourth-order valence-electron chi connectivity index (χ4n) is 4.77. The van der Waals surface area contributed by atoms with Gasteiger partial charge in [-0.1, -0.05) is 80.8 Å². The molecule has 0 fully saturated rings. The van der Waals surface area contributed by atoms with Crippen LogP contribution in [-0.4, -0.2) is 67.4 Å². The molecule has 0 aromatic heterocycles. The summed E-state index contributed by atoms with van der Waals surface area (Å²) in [7, 11) is 0. The highest BCUT2D eigenvalue weighted by molar-refractivity contribution is 5.93. The summed E-state index contributed by atoms with van der Waals surface area (Å²) in [6.07, 6.45) is 5.77. The molecule has 0 radical (unpaired) electrons. The number of nitrogens with two attached hydrogens (primary N) is 5. The number of amides is 3. The van der Waals surface area contributed by atoms with Crippen molar-refractivity contribution >= 4 is 29.6 Å².